The van der Waals surface area contributed by atoms with Crippen LogP contribution in [0.4, 0.5) is 0 Å². The third kappa shape index (κ3) is 2.76. The van der Waals surface area contributed by atoms with Gasteiger partial charge in [-0.1, -0.05) is 6.92 Å². The number of nitrogens with one attached hydrogen (secondary N) is 1. The van der Waals surface area contributed by atoms with Crippen molar-refractivity contribution in [2.24, 2.45) is 0 Å². The van der Waals surface area contributed by atoms with Gasteiger partial charge in [-0.3, -0.25) is 0 Å². The first-order chi connectivity index (χ1) is 7.69. The Balaban J connectivity index is 1.87. The lowest BCUT2D eigenvalue weighted by atomic mass is 9.98. The van der Waals surface area contributed by atoms with Crippen LogP contribution in [0, 0.1) is 0 Å². The van der Waals surface area contributed by atoms with Gasteiger partial charge in [0, 0.05) is 17.6 Å². The highest BCUT2D eigenvalue weighted by Crippen LogP contribution is 2.35. The lowest BCUT2D eigenvalue weighted by Crippen LogP contribution is -2.48. The van der Waals surface area contributed by atoms with Crippen LogP contribution < -0.4 is 5.32 Å². The van der Waals surface area contributed by atoms with Crippen LogP contribution in [0.5, 0.6) is 0 Å². The largest absolute Gasteiger partial charge is 0.394 e. The second-order valence-electron chi connectivity index (χ2n) is 5.73. The molecule has 2 aliphatic carbocycles. The molecule has 0 saturated heterocycles. The van der Waals surface area contributed by atoms with Crippen LogP contribution in [0.25, 0.3) is 0 Å². The van der Waals surface area contributed by atoms with E-state index in [1.807, 2.05) is 0 Å². The van der Waals surface area contributed by atoms with E-state index in [0.717, 1.165) is 12.8 Å². The van der Waals surface area contributed by atoms with Gasteiger partial charge in [0.25, 0.3) is 0 Å². The first kappa shape index (κ1) is 12.3. The van der Waals surface area contributed by atoms with Crippen molar-refractivity contribution in [2.75, 3.05) is 20.2 Å². The van der Waals surface area contributed by atoms with E-state index in [4.69, 9.17) is 0 Å². The normalized spacial score (nSPS) is 34.9. The minimum Gasteiger partial charge on any atom is -0.394 e. The van der Waals surface area contributed by atoms with Gasteiger partial charge in [-0.05, 0) is 52.1 Å². The summed E-state index contributed by atoms with van der Waals surface area (Å²) in [5, 5.41) is 13.3. The van der Waals surface area contributed by atoms with Crippen molar-refractivity contribution in [1.82, 2.24) is 10.2 Å². The summed E-state index contributed by atoms with van der Waals surface area (Å²) in [5.41, 5.74) is 0.0356. The third-order valence-electron chi connectivity index (χ3n) is 4.17. The van der Waals surface area contributed by atoms with Gasteiger partial charge in [-0.25, -0.2) is 0 Å². The summed E-state index contributed by atoms with van der Waals surface area (Å²) in [4.78, 5) is 2.46. The molecule has 2 aliphatic rings. The number of rotatable bonds is 6. The Labute approximate surface area is 99.2 Å². The Morgan fingerprint density at radius 3 is 2.69 bits per heavy atom. The van der Waals surface area contributed by atoms with Crippen LogP contribution in [-0.2, 0) is 0 Å². The summed E-state index contributed by atoms with van der Waals surface area (Å²) >= 11 is 0. The molecule has 2 saturated carbocycles. The summed E-state index contributed by atoms with van der Waals surface area (Å²) in [6.45, 7) is 3.71. The van der Waals surface area contributed by atoms with Gasteiger partial charge in [-0.15, -0.1) is 0 Å². The average Bonchev–Trinajstić information content (AvgIpc) is 2.97. The van der Waals surface area contributed by atoms with Crippen LogP contribution >= 0.6 is 0 Å². The van der Waals surface area contributed by atoms with Crippen LogP contribution in [0.15, 0.2) is 0 Å². The molecule has 0 bridgehead atoms. The smallest absolute Gasteiger partial charge is 0.0614 e. The van der Waals surface area contributed by atoms with Crippen molar-refractivity contribution in [1.29, 1.82) is 0 Å². The van der Waals surface area contributed by atoms with Crippen molar-refractivity contribution in [3.05, 3.63) is 0 Å². The molecule has 2 rings (SSSR count). The highest BCUT2D eigenvalue weighted by Gasteiger charge is 2.42. The fourth-order valence-corrected chi connectivity index (χ4v) is 2.99. The minimum atomic E-state index is 0.0356. The predicted molar refractivity (Wildman–Crippen MR) is 66.5 cm³/mol. The molecule has 0 heterocycles. The second kappa shape index (κ2) is 5.03. The fraction of sp³-hybridized carbons (Fsp3) is 1.00. The van der Waals surface area contributed by atoms with Crippen molar-refractivity contribution >= 4 is 0 Å². The Morgan fingerprint density at radius 1 is 1.38 bits per heavy atom. The molecule has 0 amide bonds. The molecule has 0 aromatic rings. The number of hydrogen-bond donors (Lipinski definition) is 2. The molecule has 16 heavy (non-hydrogen) atoms. The number of nitrogens with zero attached hydrogens (tertiary/aromatic N) is 1. The molecular weight excluding hydrogens is 200 g/mol. The molecule has 0 aromatic carbocycles. The molecule has 0 spiro atoms. The first-order valence-corrected chi connectivity index (χ1v) is 6.78. The van der Waals surface area contributed by atoms with Gasteiger partial charge >= 0.3 is 0 Å². The van der Waals surface area contributed by atoms with E-state index in [1.54, 1.807) is 0 Å². The van der Waals surface area contributed by atoms with E-state index in [-0.39, 0.29) is 5.54 Å². The zero-order chi connectivity index (χ0) is 11.6. The highest BCUT2D eigenvalue weighted by atomic mass is 16.3. The molecule has 3 nitrogen and oxygen atoms in total. The third-order valence-corrected chi connectivity index (χ3v) is 4.17. The van der Waals surface area contributed by atoms with E-state index in [1.165, 1.54) is 32.2 Å². The van der Waals surface area contributed by atoms with Crippen molar-refractivity contribution in [3.8, 4) is 0 Å². The number of hydrogen-bond acceptors (Lipinski definition) is 3. The van der Waals surface area contributed by atoms with E-state index < -0.39 is 0 Å². The number of aliphatic hydroxyl groups excluding tert-OH is 1. The Morgan fingerprint density at radius 2 is 2.12 bits per heavy atom. The Kier molecular flexibility index (Phi) is 3.88. The summed E-state index contributed by atoms with van der Waals surface area (Å²) in [6, 6.07) is 1.36. The topological polar surface area (TPSA) is 35.5 Å². The van der Waals surface area contributed by atoms with Gasteiger partial charge in [-0.2, -0.15) is 0 Å². The molecule has 2 N–H and O–H groups in total. The van der Waals surface area contributed by atoms with Gasteiger partial charge in [0.15, 0.2) is 0 Å². The maximum absolute atomic E-state index is 9.64. The molecule has 94 valence electrons. The van der Waals surface area contributed by atoms with Crippen LogP contribution in [0.3, 0.4) is 0 Å². The van der Waals surface area contributed by atoms with E-state index in [9.17, 15) is 5.11 Å². The Hall–Kier alpha value is -0.120. The summed E-state index contributed by atoms with van der Waals surface area (Å²) < 4.78 is 0. The predicted octanol–water partition coefficient (Wildman–Crippen LogP) is 1.36. The lowest BCUT2D eigenvalue weighted by Gasteiger charge is -2.30. The summed E-state index contributed by atoms with van der Waals surface area (Å²) in [7, 11) is 2.22. The maximum Gasteiger partial charge on any atom is 0.0614 e. The van der Waals surface area contributed by atoms with Gasteiger partial charge in [0.2, 0.25) is 0 Å². The summed E-state index contributed by atoms with van der Waals surface area (Å²) in [5.74, 6) is 0. The minimum absolute atomic E-state index is 0.0356. The van der Waals surface area contributed by atoms with Gasteiger partial charge in [0.1, 0.15) is 0 Å². The molecular formula is C13H26N2O. The summed E-state index contributed by atoms with van der Waals surface area (Å²) in [6.07, 6.45) is 7.32. The van der Waals surface area contributed by atoms with E-state index in [0.29, 0.717) is 18.7 Å². The highest BCUT2D eigenvalue weighted by molar-refractivity contribution is 5.02. The molecule has 2 fully saturated rings. The van der Waals surface area contributed by atoms with E-state index >= 15 is 0 Å². The SMILES string of the molecule is CCCN(C)C1CCC(CO)(NC2CC2)C1. The molecule has 0 radical (unpaired) electrons. The second-order valence-corrected chi connectivity index (χ2v) is 5.73. The van der Waals surface area contributed by atoms with Gasteiger partial charge in [0.05, 0.1) is 6.61 Å². The monoisotopic (exact) mass is 226 g/mol. The van der Waals surface area contributed by atoms with Crippen molar-refractivity contribution in [2.45, 2.75) is 63.1 Å². The molecule has 3 heteroatoms. The van der Waals surface area contributed by atoms with E-state index in [2.05, 4.69) is 24.2 Å². The van der Waals surface area contributed by atoms with Crippen molar-refractivity contribution < 1.29 is 5.11 Å². The molecule has 0 aromatic heterocycles. The standard InChI is InChI=1S/C13H26N2O/c1-3-8-15(2)12-6-7-13(9-12,10-16)14-11-4-5-11/h11-12,14,16H,3-10H2,1-2H3. The number of aliphatic hydroxyl groups is 1. The molecule has 0 aliphatic heterocycles. The zero-order valence-electron chi connectivity index (χ0n) is 10.7. The van der Waals surface area contributed by atoms with Crippen LogP contribution in [-0.4, -0.2) is 47.8 Å². The average molecular weight is 226 g/mol. The quantitative estimate of drug-likeness (QED) is 0.718. The lowest BCUT2D eigenvalue weighted by molar-refractivity contribution is 0.148. The molecule has 2 atom stereocenters. The van der Waals surface area contributed by atoms with Crippen LogP contribution in [0.1, 0.15) is 45.4 Å². The fourth-order valence-electron chi connectivity index (χ4n) is 2.99. The molecule has 2 unspecified atom stereocenters. The Bertz CT molecular complexity index is 230. The first-order valence-electron chi connectivity index (χ1n) is 6.78. The van der Waals surface area contributed by atoms with Crippen LogP contribution in [0.2, 0.25) is 0 Å². The maximum atomic E-state index is 9.64. The van der Waals surface area contributed by atoms with Crippen molar-refractivity contribution in [3.63, 3.8) is 0 Å². The van der Waals surface area contributed by atoms with Gasteiger partial charge < -0.3 is 15.3 Å². The zero-order valence-corrected chi connectivity index (χ0v) is 10.7.